The topological polar surface area (TPSA) is 53.5 Å². The smallest absolute Gasteiger partial charge is 0.460 e. The van der Waals surface area contributed by atoms with Crippen LogP contribution in [0.4, 0.5) is 136 Å². The van der Waals surface area contributed by atoms with Crippen LogP contribution in [0.2, 0.25) is 0 Å². The predicted octanol–water partition coefficient (Wildman–Crippen LogP) is 14.7. The summed E-state index contributed by atoms with van der Waals surface area (Å²) in [4.78, 5) is 7.65. The summed E-state index contributed by atoms with van der Waals surface area (Å²) < 4.78 is 435. The summed E-state index contributed by atoms with van der Waals surface area (Å²) in [6.07, 6.45) is -38.0. The van der Waals surface area contributed by atoms with Crippen LogP contribution >= 0.6 is 0 Å². The standard InChI is InChI=1S/C34H25F31N2O3/c1-2-3-4-5-6-7-9-16-14-17(19-66-12-8-13-67-19)10-11-18(16)68-15-20(35,36)21(37,38)22(39,40)23(41,42)24(43,44)25(45,46)26(47,48)28(51,52)31(58,59)69-33(62,63)34(64,65)70-32(60,61)29(53,54)27(49,50)30(55,56)57/h8,10-14H,2-7,9,15H2,1H3. The number of benzene rings is 1. The van der Waals surface area contributed by atoms with Crippen LogP contribution in [0.1, 0.15) is 51.0 Å². The van der Waals surface area contributed by atoms with Gasteiger partial charge in [0, 0.05) is 18.0 Å². The van der Waals surface area contributed by atoms with Crippen molar-refractivity contribution in [2.45, 2.75) is 142 Å². The van der Waals surface area contributed by atoms with Crippen LogP contribution < -0.4 is 4.74 Å². The van der Waals surface area contributed by atoms with Gasteiger partial charge in [0.05, 0.1) is 0 Å². The molecule has 0 spiro atoms. The third-order valence-electron chi connectivity index (χ3n) is 9.25. The van der Waals surface area contributed by atoms with Crippen LogP contribution in [-0.2, 0) is 15.9 Å². The molecule has 0 aliphatic heterocycles. The summed E-state index contributed by atoms with van der Waals surface area (Å²) in [6.45, 7) is -1.58. The van der Waals surface area contributed by atoms with Gasteiger partial charge in [-0.1, -0.05) is 39.0 Å². The highest BCUT2D eigenvalue weighted by molar-refractivity contribution is 5.58. The molecule has 70 heavy (non-hydrogen) atoms. The van der Waals surface area contributed by atoms with Crippen molar-refractivity contribution in [3.05, 3.63) is 42.2 Å². The number of hydrogen-bond donors (Lipinski definition) is 0. The molecule has 0 aliphatic carbocycles. The zero-order valence-electron chi connectivity index (χ0n) is 33.5. The van der Waals surface area contributed by atoms with Crippen molar-refractivity contribution in [3.8, 4) is 17.1 Å². The van der Waals surface area contributed by atoms with E-state index >= 15 is 0 Å². The first kappa shape index (κ1) is 62.0. The zero-order chi connectivity index (χ0) is 55.2. The number of hydrogen-bond acceptors (Lipinski definition) is 5. The van der Waals surface area contributed by atoms with Crippen molar-refractivity contribution >= 4 is 0 Å². The molecule has 36 heteroatoms. The third kappa shape index (κ3) is 10.5. The molecule has 0 aliphatic rings. The van der Waals surface area contributed by atoms with Crippen LogP contribution in [0.15, 0.2) is 36.7 Å². The fourth-order valence-corrected chi connectivity index (χ4v) is 5.19. The highest BCUT2D eigenvalue weighted by Gasteiger charge is 2.97. The van der Waals surface area contributed by atoms with Gasteiger partial charge in [0.2, 0.25) is 0 Å². The van der Waals surface area contributed by atoms with Crippen LogP contribution in [0, 0.1) is 0 Å². The first-order chi connectivity index (χ1) is 30.9. The minimum Gasteiger partial charge on any atom is -0.487 e. The van der Waals surface area contributed by atoms with E-state index in [1.54, 1.807) is 0 Å². The second-order valence-electron chi connectivity index (χ2n) is 14.3. The van der Waals surface area contributed by atoms with E-state index < -0.39 is 102 Å². The lowest BCUT2D eigenvalue weighted by Gasteiger charge is -2.44. The molecule has 0 radical (unpaired) electrons. The molecule has 0 N–H and O–H groups in total. The summed E-state index contributed by atoms with van der Waals surface area (Å²) >= 11 is 0. The number of aromatic nitrogens is 2. The van der Waals surface area contributed by atoms with Gasteiger partial charge in [0.1, 0.15) is 5.75 Å². The molecule has 406 valence electrons. The van der Waals surface area contributed by atoms with E-state index in [-0.39, 0.29) is 29.8 Å². The maximum Gasteiger partial charge on any atom is 0.460 e. The number of aryl methyl sites for hydroxylation is 1. The number of ether oxygens (including phenoxy) is 3. The highest BCUT2D eigenvalue weighted by Crippen LogP contribution is 2.66. The number of alkyl halides is 31. The summed E-state index contributed by atoms with van der Waals surface area (Å²) in [5.41, 5.74) is -0.316. The number of nitrogens with zero attached hydrogens (tertiary/aromatic N) is 2. The van der Waals surface area contributed by atoms with Crippen molar-refractivity contribution in [1.82, 2.24) is 9.97 Å². The fraction of sp³-hybridized carbons (Fsp3) is 0.706. The van der Waals surface area contributed by atoms with Gasteiger partial charge in [-0.05, 0) is 42.7 Å². The van der Waals surface area contributed by atoms with Gasteiger partial charge >= 0.3 is 89.8 Å². The molecule has 1 aromatic carbocycles. The van der Waals surface area contributed by atoms with Crippen LogP contribution in [0.25, 0.3) is 11.4 Å². The Morgan fingerprint density at radius 2 is 0.786 bits per heavy atom. The number of unbranched alkanes of at least 4 members (excludes halogenated alkanes) is 5. The van der Waals surface area contributed by atoms with Crippen molar-refractivity contribution in [2.24, 2.45) is 0 Å². The van der Waals surface area contributed by atoms with Crippen LogP contribution in [0.3, 0.4) is 0 Å². The molecule has 0 amide bonds. The van der Waals surface area contributed by atoms with Crippen molar-refractivity contribution in [3.63, 3.8) is 0 Å². The lowest BCUT2D eigenvalue weighted by atomic mass is 9.87. The predicted molar refractivity (Wildman–Crippen MR) is 168 cm³/mol. The molecule has 0 saturated carbocycles. The molecular formula is C34H25F31N2O3. The van der Waals surface area contributed by atoms with Gasteiger partial charge in [-0.2, -0.15) is 136 Å². The van der Waals surface area contributed by atoms with Gasteiger partial charge in [-0.15, -0.1) is 0 Å². The Kier molecular flexibility index (Phi) is 17.1. The van der Waals surface area contributed by atoms with Crippen molar-refractivity contribution in [1.29, 1.82) is 0 Å². The Morgan fingerprint density at radius 3 is 1.20 bits per heavy atom. The molecule has 5 nitrogen and oxygen atoms in total. The third-order valence-corrected chi connectivity index (χ3v) is 9.25. The molecular weight excluding hydrogens is 1070 g/mol. The molecule has 2 rings (SSSR count). The van der Waals surface area contributed by atoms with Gasteiger partial charge < -0.3 is 4.74 Å². The Hall–Kier alpha value is -4.15. The van der Waals surface area contributed by atoms with E-state index in [0.717, 1.165) is 46.8 Å². The Bertz CT molecular complexity index is 2060. The van der Waals surface area contributed by atoms with Crippen LogP contribution in [0.5, 0.6) is 5.75 Å². The Balaban J connectivity index is 2.55. The lowest BCUT2D eigenvalue weighted by Crippen LogP contribution is -2.76. The molecule has 0 atom stereocenters. The van der Waals surface area contributed by atoms with E-state index in [0.29, 0.717) is 25.3 Å². The minimum atomic E-state index is -9.73. The molecule has 0 fully saturated rings. The van der Waals surface area contributed by atoms with Gasteiger partial charge in [-0.3, -0.25) is 0 Å². The first-order valence-corrected chi connectivity index (χ1v) is 18.2. The Morgan fingerprint density at radius 1 is 0.414 bits per heavy atom. The normalized spacial score (nSPS) is 15.4. The zero-order valence-corrected chi connectivity index (χ0v) is 33.5. The van der Waals surface area contributed by atoms with Gasteiger partial charge in [0.25, 0.3) is 0 Å². The SMILES string of the molecule is CCCCCCCCc1cc(-c2ncccn2)ccc1OCC(F)(F)C(F)(F)C(F)(F)C(F)(F)C(F)(F)C(F)(F)C(F)(F)C(F)(F)C(F)(F)OC(F)(F)C(F)(F)OC(F)(F)C(F)(F)C(F)(F)C(F)(F)F. The molecule has 1 heterocycles. The average Bonchev–Trinajstić information content (AvgIpc) is 3.19. The molecule has 0 unspecified atom stereocenters. The van der Waals surface area contributed by atoms with Crippen LogP contribution in [-0.4, -0.2) is 106 Å². The maximum absolute atomic E-state index is 14.8. The van der Waals surface area contributed by atoms with E-state index in [1.807, 2.05) is 6.92 Å². The van der Waals surface area contributed by atoms with E-state index in [2.05, 4.69) is 14.7 Å². The van der Waals surface area contributed by atoms with E-state index in [9.17, 15) is 136 Å². The second kappa shape index (κ2) is 19.4. The fourth-order valence-electron chi connectivity index (χ4n) is 5.19. The van der Waals surface area contributed by atoms with Crippen molar-refractivity contribution in [2.75, 3.05) is 6.61 Å². The monoisotopic (exact) mass is 1100 g/mol. The lowest BCUT2D eigenvalue weighted by molar-refractivity contribution is -0.560. The van der Waals surface area contributed by atoms with Gasteiger partial charge in [-0.25, -0.2) is 19.4 Å². The number of halogens is 31. The summed E-state index contributed by atoms with van der Waals surface area (Å²) in [6, 6.07) is 3.78. The molecule has 0 bridgehead atoms. The molecule has 0 saturated heterocycles. The quantitative estimate of drug-likeness (QED) is 0.0694. The highest BCUT2D eigenvalue weighted by atomic mass is 19.4. The Labute approximate surface area is 368 Å². The summed E-state index contributed by atoms with van der Waals surface area (Å²) in [5, 5.41) is 0. The largest absolute Gasteiger partial charge is 0.487 e. The van der Waals surface area contributed by atoms with Gasteiger partial charge in [0.15, 0.2) is 12.4 Å². The molecule has 1 aromatic heterocycles. The maximum atomic E-state index is 14.8. The second-order valence-corrected chi connectivity index (χ2v) is 14.3. The average molecular weight is 1100 g/mol. The molecule has 2 aromatic rings. The minimum absolute atomic E-state index is 0.00209. The summed E-state index contributed by atoms with van der Waals surface area (Å²) in [7, 11) is 0. The number of rotatable bonds is 26. The summed E-state index contributed by atoms with van der Waals surface area (Å²) in [5.74, 6) is -90.8. The van der Waals surface area contributed by atoms with E-state index in [1.165, 1.54) is 6.07 Å². The van der Waals surface area contributed by atoms with E-state index in [4.69, 9.17) is 0 Å². The first-order valence-electron chi connectivity index (χ1n) is 18.2. The van der Waals surface area contributed by atoms with Crippen molar-refractivity contribution < 1.29 is 150 Å².